The molecule has 0 saturated heterocycles. The monoisotopic (exact) mass is 272 g/mol. The average Bonchev–Trinajstić information content (AvgIpc) is 2.25. The number of carbonyl (C=O) groups excluding carboxylic acids is 1. The highest BCUT2D eigenvalue weighted by molar-refractivity contribution is 7.98. The van der Waals surface area contributed by atoms with Crippen LogP contribution in [0.2, 0.25) is 5.15 Å². The van der Waals surface area contributed by atoms with Crippen LogP contribution in [-0.4, -0.2) is 22.9 Å². The second-order valence-corrected chi connectivity index (χ2v) is 5.31. The van der Waals surface area contributed by atoms with Crippen molar-refractivity contribution in [3.8, 4) is 0 Å². The summed E-state index contributed by atoms with van der Waals surface area (Å²) in [6.07, 6.45) is 2.00. The van der Waals surface area contributed by atoms with Crippen LogP contribution in [0.4, 0.5) is 0 Å². The summed E-state index contributed by atoms with van der Waals surface area (Å²) in [7, 11) is 0. The molecule has 1 rings (SSSR count). The summed E-state index contributed by atoms with van der Waals surface area (Å²) in [5, 5.41) is 3.36. The molecule has 0 aliphatic carbocycles. The minimum Gasteiger partial charge on any atom is -0.352 e. The van der Waals surface area contributed by atoms with Gasteiger partial charge in [0.15, 0.2) is 0 Å². The highest BCUT2D eigenvalue weighted by atomic mass is 35.5. The van der Waals surface area contributed by atoms with Gasteiger partial charge in [-0.2, -0.15) is 11.8 Å². The van der Waals surface area contributed by atoms with Gasteiger partial charge in [-0.05, 0) is 30.9 Å². The van der Waals surface area contributed by atoms with Crippen LogP contribution in [0.5, 0.6) is 0 Å². The van der Waals surface area contributed by atoms with Gasteiger partial charge in [-0.25, -0.2) is 4.98 Å². The minimum absolute atomic E-state index is 0.0309. The molecule has 1 aromatic rings. The van der Waals surface area contributed by atoms with Crippen LogP contribution in [0, 0.1) is 12.8 Å². The fourth-order valence-corrected chi connectivity index (χ4v) is 2.41. The second kappa shape index (κ2) is 6.87. The van der Waals surface area contributed by atoms with E-state index in [4.69, 9.17) is 11.6 Å². The van der Waals surface area contributed by atoms with Gasteiger partial charge in [0.05, 0.1) is 0 Å². The van der Waals surface area contributed by atoms with E-state index in [0.29, 0.717) is 11.7 Å². The number of thioether (sulfide) groups is 1. The number of aryl methyl sites for hydroxylation is 1. The summed E-state index contributed by atoms with van der Waals surface area (Å²) in [6.45, 7) is 4.31. The van der Waals surface area contributed by atoms with Crippen LogP contribution in [0.25, 0.3) is 0 Å². The van der Waals surface area contributed by atoms with Gasteiger partial charge < -0.3 is 5.32 Å². The fraction of sp³-hybridized carbons (Fsp3) is 0.500. The molecule has 1 unspecified atom stereocenters. The van der Waals surface area contributed by atoms with E-state index in [2.05, 4.69) is 10.3 Å². The van der Waals surface area contributed by atoms with Gasteiger partial charge in [-0.15, -0.1) is 0 Å². The number of halogens is 1. The molecule has 1 heterocycles. The first kappa shape index (κ1) is 14.3. The highest BCUT2D eigenvalue weighted by Crippen LogP contribution is 2.10. The van der Waals surface area contributed by atoms with Crippen LogP contribution in [0.3, 0.4) is 0 Å². The van der Waals surface area contributed by atoms with Gasteiger partial charge in [0, 0.05) is 23.9 Å². The van der Waals surface area contributed by atoms with Crippen LogP contribution in [0.15, 0.2) is 12.1 Å². The lowest BCUT2D eigenvalue weighted by molar-refractivity contribution is -0.124. The van der Waals surface area contributed by atoms with Gasteiger partial charge in [0.2, 0.25) is 5.91 Å². The van der Waals surface area contributed by atoms with E-state index < -0.39 is 0 Å². The number of nitrogens with one attached hydrogen (secondary N) is 1. The zero-order valence-corrected chi connectivity index (χ0v) is 11.9. The standard InChI is InChI=1S/C12H17ClN2OS/c1-8(7-17-3)12(16)14-6-10-4-9(2)15-11(13)5-10/h4-5,8H,6-7H2,1-3H3,(H,14,16). The van der Waals surface area contributed by atoms with E-state index >= 15 is 0 Å². The number of rotatable bonds is 5. The van der Waals surface area contributed by atoms with Crippen molar-refractivity contribution < 1.29 is 4.79 Å². The Hall–Kier alpha value is -0.740. The normalized spacial score (nSPS) is 12.2. The Morgan fingerprint density at radius 1 is 1.59 bits per heavy atom. The zero-order chi connectivity index (χ0) is 12.8. The van der Waals surface area contributed by atoms with Crippen molar-refractivity contribution in [2.45, 2.75) is 20.4 Å². The molecule has 0 saturated carbocycles. The molecule has 0 spiro atoms. The molecular weight excluding hydrogens is 256 g/mol. The molecule has 0 bridgehead atoms. The lowest BCUT2D eigenvalue weighted by Crippen LogP contribution is -2.29. The van der Waals surface area contributed by atoms with E-state index in [-0.39, 0.29) is 11.8 Å². The SMILES string of the molecule is CSCC(C)C(=O)NCc1cc(C)nc(Cl)c1. The van der Waals surface area contributed by atoms with Crippen molar-refractivity contribution in [3.05, 3.63) is 28.5 Å². The number of hydrogen-bond acceptors (Lipinski definition) is 3. The van der Waals surface area contributed by atoms with Gasteiger partial charge in [-0.1, -0.05) is 18.5 Å². The van der Waals surface area contributed by atoms with E-state index in [9.17, 15) is 4.79 Å². The molecule has 94 valence electrons. The predicted octanol–water partition coefficient (Wildman–Crippen LogP) is 2.66. The molecule has 1 N–H and O–H groups in total. The van der Waals surface area contributed by atoms with Crippen LogP contribution in [0.1, 0.15) is 18.2 Å². The molecule has 0 fully saturated rings. The summed E-state index contributed by atoms with van der Waals surface area (Å²) < 4.78 is 0. The lowest BCUT2D eigenvalue weighted by atomic mass is 10.2. The van der Waals surface area contributed by atoms with Crippen molar-refractivity contribution in [2.24, 2.45) is 5.92 Å². The third-order valence-electron chi connectivity index (χ3n) is 2.31. The topological polar surface area (TPSA) is 42.0 Å². The third kappa shape index (κ3) is 4.96. The summed E-state index contributed by atoms with van der Waals surface area (Å²) in [6, 6.07) is 3.69. The molecule has 1 amide bonds. The molecular formula is C12H17ClN2OS. The quantitative estimate of drug-likeness (QED) is 0.838. The highest BCUT2D eigenvalue weighted by Gasteiger charge is 2.11. The molecule has 5 heteroatoms. The first-order valence-electron chi connectivity index (χ1n) is 5.42. The van der Waals surface area contributed by atoms with Gasteiger partial charge in [-0.3, -0.25) is 4.79 Å². The van der Waals surface area contributed by atoms with E-state index in [1.165, 1.54) is 0 Å². The predicted molar refractivity (Wildman–Crippen MR) is 73.4 cm³/mol. The Morgan fingerprint density at radius 3 is 2.88 bits per heavy atom. The number of aromatic nitrogens is 1. The fourth-order valence-electron chi connectivity index (χ4n) is 1.49. The minimum atomic E-state index is 0.0309. The smallest absolute Gasteiger partial charge is 0.223 e. The van der Waals surface area contributed by atoms with Crippen LogP contribution >= 0.6 is 23.4 Å². The summed E-state index contributed by atoms with van der Waals surface area (Å²) in [5.74, 6) is 0.940. The van der Waals surface area contributed by atoms with Gasteiger partial charge in [0.25, 0.3) is 0 Å². The maximum absolute atomic E-state index is 11.7. The van der Waals surface area contributed by atoms with Crippen molar-refractivity contribution in [3.63, 3.8) is 0 Å². The number of carbonyl (C=O) groups is 1. The molecule has 0 aromatic carbocycles. The average molecular weight is 273 g/mol. The van der Waals surface area contributed by atoms with Crippen molar-refractivity contribution in [1.82, 2.24) is 10.3 Å². The van der Waals surface area contributed by atoms with E-state index in [1.54, 1.807) is 17.8 Å². The lowest BCUT2D eigenvalue weighted by Gasteiger charge is -2.11. The number of pyridine rings is 1. The van der Waals surface area contributed by atoms with Gasteiger partial charge >= 0.3 is 0 Å². The first-order valence-corrected chi connectivity index (χ1v) is 7.20. The molecule has 0 radical (unpaired) electrons. The molecule has 0 aliphatic rings. The van der Waals surface area contributed by atoms with E-state index in [1.807, 2.05) is 26.2 Å². The summed E-state index contributed by atoms with van der Waals surface area (Å²) in [4.78, 5) is 15.8. The van der Waals surface area contributed by atoms with Crippen molar-refractivity contribution >= 4 is 29.3 Å². The maximum atomic E-state index is 11.7. The summed E-state index contributed by atoms with van der Waals surface area (Å²) >= 11 is 7.52. The molecule has 1 aromatic heterocycles. The molecule has 1 atom stereocenters. The molecule has 0 aliphatic heterocycles. The maximum Gasteiger partial charge on any atom is 0.223 e. The van der Waals surface area contributed by atoms with Crippen LogP contribution in [-0.2, 0) is 11.3 Å². The largest absolute Gasteiger partial charge is 0.352 e. The Bertz CT molecular complexity index is 378. The van der Waals surface area contributed by atoms with Crippen LogP contribution < -0.4 is 5.32 Å². The molecule has 17 heavy (non-hydrogen) atoms. The molecule has 3 nitrogen and oxygen atoms in total. The number of nitrogens with zero attached hydrogens (tertiary/aromatic N) is 1. The summed E-state index contributed by atoms with van der Waals surface area (Å²) in [5.41, 5.74) is 1.84. The Morgan fingerprint density at radius 2 is 2.29 bits per heavy atom. The third-order valence-corrected chi connectivity index (χ3v) is 3.34. The Kier molecular flexibility index (Phi) is 5.78. The second-order valence-electron chi connectivity index (χ2n) is 4.01. The Labute approximate surface area is 111 Å². The van der Waals surface area contributed by atoms with Crippen molar-refractivity contribution in [1.29, 1.82) is 0 Å². The van der Waals surface area contributed by atoms with E-state index in [0.717, 1.165) is 17.0 Å². The first-order chi connectivity index (χ1) is 8.02. The zero-order valence-electron chi connectivity index (χ0n) is 10.3. The van der Waals surface area contributed by atoms with Crippen molar-refractivity contribution in [2.75, 3.05) is 12.0 Å². The number of hydrogen-bond donors (Lipinski definition) is 1. The van der Waals surface area contributed by atoms with Gasteiger partial charge in [0.1, 0.15) is 5.15 Å². The number of amides is 1. The Balaban J connectivity index is 2.52.